The summed E-state index contributed by atoms with van der Waals surface area (Å²) in [4.78, 5) is 8.77. The van der Waals surface area contributed by atoms with Crippen LogP contribution in [0.1, 0.15) is 17.8 Å². The summed E-state index contributed by atoms with van der Waals surface area (Å²) in [5, 5.41) is 3.96. The maximum Gasteiger partial charge on any atom is 0.240 e. The van der Waals surface area contributed by atoms with Crippen molar-refractivity contribution in [1.82, 2.24) is 19.9 Å². The molecule has 0 radical (unpaired) electrons. The quantitative estimate of drug-likeness (QED) is 0.707. The first-order valence-electron chi connectivity index (χ1n) is 5.12. The van der Waals surface area contributed by atoms with Gasteiger partial charge in [-0.3, -0.25) is 4.90 Å². The number of hydrogen-bond acceptors (Lipinski definition) is 6. The summed E-state index contributed by atoms with van der Waals surface area (Å²) in [5.41, 5.74) is 5.43. The lowest BCUT2D eigenvalue weighted by atomic mass is 10.2. The summed E-state index contributed by atoms with van der Waals surface area (Å²) >= 11 is 0. The van der Waals surface area contributed by atoms with Gasteiger partial charge in [0.15, 0.2) is 5.82 Å². The Kier molecular flexibility index (Phi) is 2.99. The molecular formula is C9H17N5O. The van der Waals surface area contributed by atoms with Gasteiger partial charge in [0.05, 0.1) is 12.6 Å². The summed E-state index contributed by atoms with van der Waals surface area (Å²) in [6.07, 6.45) is 0. The smallest absolute Gasteiger partial charge is 0.240 e. The van der Waals surface area contributed by atoms with Crippen LogP contribution in [0.3, 0.4) is 0 Å². The van der Waals surface area contributed by atoms with E-state index in [1.807, 2.05) is 0 Å². The van der Waals surface area contributed by atoms with Crippen molar-refractivity contribution in [3.63, 3.8) is 0 Å². The second-order valence-electron chi connectivity index (χ2n) is 4.01. The molecule has 0 saturated carbocycles. The molecule has 2 rings (SSSR count). The molecule has 84 valence electrons. The third kappa shape index (κ3) is 2.17. The zero-order chi connectivity index (χ0) is 10.8. The first kappa shape index (κ1) is 10.5. The topological polar surface area (TPSA) is 71.4 Å². The minimum atomic E-state index is 0.216. The Balaban J connectivity index is 2.13. The number of aromatic nitrogens is 2. The van der Waals surface area contributed by atoms with Crippen molar-refractivity contribution >= 4 is 0 Å². The molecule has 0 amide bonds. The van der Waals surface area contributed by atoms with Crippen LogP contribution in [0, 0.1) is 0 Å². The molecule has 1 aromatic rings. The summed E-state index contributed by atoms with van der Waals surface area (Å²) in [6, 6.07) is 0.216. The van der Waals surface area contributed by atoms with Crippen LogP contribution in [0.25, 0.3) is 0 Å². The molecule has 15 heavy (non-hydrogen) atoms. The molecule has 2 heterocycles. The molecule has 0 aromatic carbocycles. The van der Waals surface area contributed by atoms with Crippen LogP contribution in [0.4, 0.5) is 0 Å². The van der Waals surface area contributed by atoms with Crippen molar-refractivity contribution in [2.24, 2.45) is 5.73 Å². The van der Waals surface area contributed by atoms with E-state index in [-0.39, 0.29) is 6.04 Å². The second-order valence-corrected chi connectivity index (χ2v) is 4.01. The number of rotatable bonds is 2. The van der Waals surface area contributed by atoms with E-state index in [9.17, 15) is 0 Å². The number of nitrogens with zero attached hydrogens (tertiary/aromatic N) is 4. The summed E-state index contributed by atoms with van der Waals surface area (Å²) < 4.78 is 5.02. The number of piperazine rings is 1. The zero-order valence-corrected chi connectivity index (χ0v) is 9.18. The van der Waals surface area contributed by atoms with Gasteiger partial charge in [-0.1, -0.05) is 5.16 Å². The van der Waals surface area contributed by atoms with E-state index >= 15 is 0 Å². The molecule has 1 aliphatic heterocycles. The molecule has 0 aliphatic carbocycles. The minimum Gasteiger partial charge on any atom is -0.338 e. The van der Waals surface area contributed by atoms with Crippen LogP contribution in [0.15, 0.2) is 4.52 Å². The predicted octanol–water partition coefficient (Wildman–Crippen LogP) is -0.553. The third-order valence-electron chi connectivity index (χ3n) is 2.81. The number of nitrogens with two attached hydrogens (primary N) is 1. The van der Waals surface area contributed by atoms with E-state index in [2.05, 4.69) is 34.0 Å². The molecule has 0 spiro atoms. The number of likely N-dealkylation sites (N-methyl/N-ethyl adjacent to an activating group) is 2. The fraction of sp³-hybridized carbons (Fsp3) is 0.778. The fourth-order valence-corrected chi connectivity index (χ4v) is 1.78. The molecule has 1 aliphatic rings. The zero-order valence-electron chi connectivity index (χ0n) is 9.18. The molecule has 1 saturated heterocycles. The Bertz CT molecular complexity index is 326. The van der Waals surface area contributed by atoms with Crippen molar-refractivity contribution < 1.29 is 4.52 Å². The van der Waals surface area contributed by atoms with E-state index in [0.29, 0.717) is 12.4 Å². The highest BCUT2D eigenvalue weighted by Crippen LogP contribution is 2.20. The van der Waals surface area contributed by atoms with Crippen LogP contribution < -0.4 is 5.73 Å². The number of hydrogen-bond donors (Lipinski definition) is 1. The maximum atomic E-state index is 5.43. The second kappa shape index (κ2) is 4.26. The largest absolute Gasteiger partial charge is 0.338 e. The molecule has 1 atom stereocenters. The van der Waals surface area contributed by atoms with Crippen LogP contribution in [0.2, 0.25) is 0 Å². The molecule has 0 bridgehead atoms. The summed E-state index contributed by atoms with van der Waals surface area (Å²) in [7, 11) is 4.18. The monoisotopic (exact) mass is 211 g/mol. The van der Waals surface area contributed by atoms with Crippen molar-refractivity contribution in [3.8, 4) is 0 Å². The molecular weight excluding hydrogens is 194 g/mol. The van der Waals surface area contributed by atoms with Gasteiger partial charge >= 0.3 is 0 Å². The van der Waals surface area contributed by atoms with Gasteiger partial charge in [0.1, 0.15) is 0 Å². The molecule has 1 aromatic heterocycles. The normalized spacial score (nSPS) is 24.6. The highest BCUT2D eigenvalue weighted by molar-refractivity contribution is 4.97. The van der Waals surface area contributed by atoms with E-state index in [4.69, 9.17) is 10.3 Å². The highest BCUT2D eigenvalue weighted by Gasteiger charge is 2.27. The van der Waals surface area contributed by atoms with Crippen molar-refractivity contribution in [1.29, 1.82) is 0 Å². The Hall–Kier alpha value is -0.980. The third-order valence-corrected chi connectivity index (χ3v) is 2.81. The summed E-state index contributed by atoms with van der Waals surface area (Å²) in [5.74, 6) is 1.25. The Labute approximate surface area is 89.0 Å². The average Bonchev–Trinajstić information content (AvgIpc) is 2.70. The lowest BCUT2D eigenvalue weighted by molar-refractivity contribution is 0.108. The first-order valence-corrected chi connectivity index (χ1v) is 5.12. The first-order chi connectivity index (χ1) is 7.20. The fourth-order valence-electron chi connectivity index (χ4n) is 1.78. The van der Waals surface area contributed by atoms with E-state index < -0.39 is 0 Å². The predicted molar refractivity (Wildman–Crippen MR) is 55.1 cm³/mol. The lowest BCUT2D eigenvalue weighted by Gasteiger charge is -2.35. The SMILES string of the molecule is CN1CCN(C)C(c2noc(CN)n2)C1. The molecule has 6 heteroatoms. The Morgan fingerprint density at radius 2 is 2.27 bits per heavy atom. The molecule has 1 fully saturated rings. The standard InChI is InChI=1S/C9H17N5O/c1-13-3-4-14(2)7(6-13)9-11-8(5-10)15-12-9/h7H,3-6,10H2,1-2H3. The van der Waals surface area contributed by atoms with Crippen LogP contribution in [-0.4, -0.2) is 53.7 Å². The van der Waals surface area contributed by atoms with Gasteiger partial charge in [-0.05, 0) is 14.1 Å². The van der Waals surface area contributed by atoms with Crippen molar-refractivity contribution in [2.45, 2.75) is 12.6 Å². The van der Waals surface area contributed by atoms with Crippen LogP contribution >= 0.6 is 0 Å². The van der Waals surface area contributed by atoms with E-state index in [1.165, 1.54) is 0 Å². The van der Waals surface area contributed by atoms with Crippen molar-refractivity contribution in [3.05, 3.63) is 11.7 Å². The summed E-state index contributed by atoms with van der Waals surface area (Å²) in [6.45, 7) is 3.33. The Morgan fingerprint density at radius 3 is 2.93 bits per heavy atom. The van der Waals surface area contributed by atoms with Crippen molar-refractivity contribution in [2.75, 3.05) is 33.7 Å². The molecule has 1 unspecified atom stereocenters. The minimum absolute atomic E-state index is 0.216. The Morgan fingerprint density at radius 1 is 1.47 bits per heavy atom. The molecule has 6 nitrogen and oxygen atoms in total. The molecule has 2 N–H and O–H groups in total. The highest BCUT2D eigenvalue weighted by atomic mass is 16.5. The van der Waals surface area contributed by atoms with E-state index in [0.717, 1.165) is 25.5 Å². The van der Waals surface area contributed by atoms with Crippen LogP contribution in [0.5, 0.6) is 0 Å². The maximum absolute atomic E-state index is 5.43. The van der Waals surface area contributed by atoms with Gasteiger partial charge < -0.3 is 15.2 Å². The van der Waals surface area contributed by atoms with Gasteiger partial charge in [-0.15, -0.1) is 0 Å². The van der Waals surface area contributed by atoms with Gasteiger partial charge in [-0.2, -0.15) is 4.98 Å². The average molecular weight is 211 g/mol. The van der Waals surface area contributed by atoms with Gasteiger partial charge in [-0.25, -0.2) is 0 Å². The van der Waals surface area contributed by atoms with Gasteiger partial charge in [0.2, 0.25) is 5.89 Å². The van der Waals surface area contributed by atoms with Gasteiger partial charge in [0, 0.05) is 19.6 Å². The van der Waals surface area contributed by atoms with Crippen LogP contribution in [-0.2, 0) is 6.54 Å². The van der Waals surface area contributed by atoms with Gasteiger partial charge in [0.25, 0.3) is 0 Å². The lowest BCUT2D eigenvalue weighted by Crippen LogP contribution is -2.45. The van der Waals surface area contributed by atoms with E-state index in [1.54, 1.807) is 0 Å².